The van der Waals surface area contributed by atoms with Gasteiger partial charge in [0.15, 0.2) is 0 Å². The highest BCUT2D eigenvalue weighted by atomic mass is 15.1. The van der Waals surface area contributed by atoms with Gasteiger partial charge in [-0.1, -0.05) is 199 Å². The molecule has 0 aliphatic carbocycles. The standard InChI is InChI=1S/C52H47N/c1-51(2,3)40-33-39(34-41(35-40)52(4,5)6)44-28-16-23-38-24-17-29-46(50(38)44)45-27-13-15-31-49(45)53(48-32-18-22-37-21-10-11-25-43(37)48)47-30-14-12-26-42(47)36-19-8-7-9-20-36/h7-35H,1-6H3. The summed E-state index contributed by atoms with van der Waals surface area (Å²) in [5, 5.41) is 4.92. The maximum Gasteiger partial charge on any atom is 0.0540 e. The van der Waals surface area contributed by atoms with E-state index in [0.717, 1.165) is 17.1 Å². The lowest BCUT2D eigenvalue weighted by Crippen LogP contribution is -2.16. The molecule has 0 aromatic heterocycles. The average molecular weight is 686 g/mol. The molecular formula is C52H47N. The second-order valence-electron chi connectivity index (χ2n) is 16.2. The van der Waals surface area contributed by atoms with Crippen LogP contribution in [0.5, 0.6) is 0 Å². The number of hydrogen-bond acceptors (Lipinski definition) is 1. The molecule has 53 heavy (non-hydrogen) atoms. The second kappa shape index (κ2) is 13.6. The summed E-state index contributed by atoms with van der Waals surface area (Å²) < 4.78 is 0. The summed E-state index contributed by atoms with van der Waals surface area (Å²) in [5.74, 6) is 0. The molecule has 0 N–H and O–H groups in total. The van der Waals surface area contributed by atoms with Gasteiger partial charge in [0.05, 0.1) is 17.1 Å². The first-order chi connectivity index (χ1) is 25.6. The van der Waals surface area contributed by atoms with Crippen molar-refractivity contribution in [2.75, 3.05) is 4.90 Å². The topological polar surface area (TPSA) is 3.24 Å². The Labute approximate surface area is 315 Å². The van der Waals surface area contributed by atoms with E-state index in [9.17, 15) is 0 Å². The van der Waals surface area contributed by atoms with Gasteiger partial charge in [-0.3, -0.25) is 0 Å². The highest BCUT2D eigenvalue weighted by Gasteiger charge is 2.25. The fraction of sp³-hybridized carbons (Fsp3) is 0.154. The van der Waals surface area contributed by atoms with Crippen molar-refractivity contribution in [3.63, 3.8) is 0 Å². The summed E-state index contributed by atoms with van der Waals surface area (Å²) in [7, 11) is 0. The molecule has 0 fully saturated rings. The van der Waals surface area contributed by atoms with E-state index in [4.69, 9.17) is 0 Å². The second-order valence-corrected chi connectivity index (χ2v) is 16.2. The van der Waals surface area contributed by atoms with E-state index in [1.807, 2.05) is 0 Å². The molecule has 1 heteroatoms. The molecule has 8 rings (SSSR count). The fourth-order valence-corrected chi connectivity index (χ4v) is 7.67. The molecule has 0 heterocycles. The average Bonchev–Trinajstić information content (AvgIpc) is 3.17. The third-order valence-corrected chi connectivity index (χ3v) is 10.6. The lowest BCUT2D eigenvalue weighted by molar-refractivity contribution is 0.569. The summed E-state index contributed by atoms with van der Waals surface area (Å²) in [6.07, 6.45) is 0. The van der Waals surface area contributed by atoms with Crippen LogP contribution in [0.15, 0.2) is 176 Å². The van der Waals surface area contributed by atoms with Crippen LogP contribution in [0.25, 0.3) is 54.9 Å². The first kappa shape index (κ1) is 34.2. The van der Waals surface area contributed by atoms with E-state index < -0.39 is 0 Å². The molecule has 0 atom stereocenters. The Morgan fingerprint density at radius 2 is 0.811 bits per heavy atom. The van der Waals surface area contributed by atoms with Crippen molar-refractivity contribution in [1.29, 1.82) is 0 Å². The first-order valence-electron chi connectivity index (χ1n) is 18.8. The van der Waals surface area contributed by atoms with Crippen molar-refractivity contribution >= 4 is 38.6 Å². The van der Waals surface area contributed by atoms with E-state index >= 15 is 0 Å². The van der Waals surface area contributed by atoms with E-state index in [1.54, 1.807) is 0 Å². The molecule has 0 bridgehead atoms. The zero-order valence-electron chi connectivity index (χ0n) is 31.7. The van der Waals surface area contributed by atoms with Gasteiger partial charge >= 0.3 is 0 Å². The van der Waals surface area contributed by atoms with Crippen LogP contribution in [0.1, 0.15) is 52.7 Å². The molecule has 0 spiro atoms. The Bertz CT molecular complexity index is 2540. The minimum Gasteiger partial charge on any atom is -0.309 e. The van der Waals surface area contributed by atoms with Crippen LogP contribution in [0.2, 0.25) is 0 Å². The first-order valence-corrected chi connectivity index (χ1v) is 18.8. The maximum atomic E-state index is 2.49. The molecule has 260 valence electrons. The highest BCUT2D eigenvalue weighted by Crippen LogP contribution is 2.48. The van der Waals surface area contributed by atoms with Gasteiger partial charge in [0.2, 0.25) is 0 Å². The number of fused-ring (bicyclic) bond motifs is 2. The maximum absolute atomic E-state index is 2.49. The van der Waals surface area contributed by atoms with Gasteiger partial charge in [0, 0.05) is 16.5 Å². The van der Waals surface area contributed by atoms with Crippen molar-refractivity contribution in [1.82, 2.24) is 0 Å². The van der Waals surface area contributed by atoms with E-state index in [2.05, 4.69) is 222 Å². The Kier molecular flexibility index (Phi) is 8.75. The van der Waals surface area contributed by atoms with Crippen LogP contribution in [0, 0.1) is 0 Å². The van der Waals surface area contributed by atoms with Crippen LogP contribution >= 0.6 is 0 Å². The van der Waals surface area contributed by atoms with Crippen LogP contribution in [-0.4, -0.2) is 0 Å². The molecule has 0 radical (unpaired) electrons. The quantitative estimate of drug-likeness (QED) is 0.168. The monoisotopic (exact) mass is 685 g/mol. The minimum absolute atomic E-state index is 0.0150. The zero-order chi connectivity index (χ0) is 36.7. The number of nitrogens with zero attached hydrogens (tertiary/aromatic N) is 1. The Morgan fingerprint density at radius 1 is 0.340 bits per heavy atom. The van der Waals surface area contributed by atoms with Crippen molar-refractivity contribution < 1.29 is 0 Å². The number of rotatable bonds is 6. The summed E-state index contributed by atoms with van der Waals surface area (Å²) in [4.78, 5) is 2.49. The predicted octanol–water partition coefficient (Wildman–Crippen LogP) is 15.1. The molecule has 0 amide bonds. The largest absolute Gasteiger partial charge is 0.309 e. The number of para-hydroxylation sites is 2. The zero-order valence-corrected chi connectivity index (χ0v) is 31.7. The summed E-state index contributed by atoms with van der Waals surface area (Å²) in [6.45, 7) is 13.9. The smallest absolute Gasteiger partial charge is 0.0540 e. The molecule has 1 nitrogen and oxygen atoms in total. The van der Waals surface area contributed by atoms with Crippen molar-refractivity contribution in [3.05, 3.63) is 187 Å². The SMILES string of the molecule is CC(C)(C)c1cc(-c2cccc3cccc(-c4ccccc4N(c4ccccc4-c4ccccc4)c4cccc5ccccc45)c23)cc(C(C)(C)C)c1. The molecular weight excluding hydrogens is 639 g/mol. The highest BCUT2D eigenvalue weighted by molar-refractivity contribution is 6.10. The van der Waals surface area contributed by atoms with Gasteiger partial charge in [0.1, 0.15) is 0 Å². The third kappa shape index (κ3) is 6.53. The predicted molar refractivity (Wildman–Crippen MR) is 230 cm³/mol. The van der Waals surface area contributed by atoms with E-state index in [1.165, 1.54) is 66.1 Å². The molecule has 8 aromatic rings. The summed E-state index contributed by atoms with van der Waals surface area (Å²) >= 11 is 0. The van der Waals surface area contributed by atoms with Crippen molar-refractivity contribution in [2.24, 2.45) is 0 Å². The van der Waals surface area contributed by atoms with Crippen LogP contribution in [0.3, 0.4) is 0 Å². The summed E-state index contributed by atoms with van der Waals surface area (Å²) in [5.41, 5.74) is 13.4. The Hall–Kier alpha value is -5.92. The number of benzene rings is 8. The molecule has 0 saturated carbocycles. The Morgan fingerprint density at radius 3 is 1.49 bits per heavy atom. The number of hydrogen-bond donors (Lipinski definition) is 0. The molecule has 0 aliphatic heterocycles. The fourth-order valence-electron chi connectivity index (χ4n) is 7.67. The van der Waals surface area contributed by atoms with Crippen LogP contribution in [0.4, 0.5) is 17.1 Å². The van der Waals surface area contributed by atoms with E-state index in [-0.39, 0.29) is 10.8 Å². The lowest BCUT2D eigenvalue weighted by Gasteiger charge is -2.31. The van der Waals surface area contributed by atoms with Gasteiger partial charge in [-0.15, -0.1) is 0 Å². The minimum atomic E-state index is 0.0150. The molecule has 8 aromatic carbocycles. The molecule has 0 saturated heterocycles. The molecule has 0 aliphatic rings. The van der Waals surface area contributed by atoms with E-state index in [0.29, 0.717) is 0 Å². The van der Waals surface area contributed by atoms with Crippen LogP contribution < -0.4 is 4.90 Å². The Balaban J connectivity index is 1.43. The number of anilines is 3. The van der Waals surface area contributed by atoms with Crippen LogP contribution in [-0.2, 0) is 10.8 Å². The van der Waals surface area contributed by atoms with Gasteiger partial charge in [-0.2, -0.15) is 0 Å². The summed E-state index contributed by atoms with van der Waals surface area (Å²) in [6, 6.07) is 64.7. The third-order valence-electron chi connectivity index (χ3n) is 10.6. The lowest BCUT2D eigenvalue weighted by atomic mass is 9.78. The van der Waals surface area contributed by atoms with Gasteiger partial charge in [-0.25, -0.2) is 0 Å². The van der Waals surface area contributed by atoms with Gasteiger partial charge in [0.25, 0.3) is 0 Å². The molecule has 0 unspecified atom stereocenters. The normalized spacial score (nSPS) is 12.0. The van der Waals surface area contributed by atoms with Gasteiger partial charge < -0.3 is 4.90 Å². The van der Waals surface area contributed by atoms with Gasteiger partial charge in [-0.05, 0) is 78.6 Å². The van der Waals surface area contributed by atoms with Crippen molar-refractivity contribution in [3.8, 4) is 33.4 Å². The van der Waals surface area contributed by atoms with Crippen molar-refractivity contribution in [2.45, 2.75) is 52.4 Å².